The standard InChI is InChI=1S/C37H30N4O6S/c1-25(35(42)38-28-14-20-32(21-15-28)47-31-10-6-3-7-11-31)48-33-22-16-29(17-23-33)39-37(44)34(40-36(43)27-8-4-2-5-9-27)24-26-12-18-30(19-13-26)41(45)46/h2-25H,1H3,(H,38,42)(H,39,44)(H,40,43)/b34-24-. The number of nitrogens with zero attached hydrogens (tertiary/aromatic N) is 1. The second-order valence-corrected chi connectivity index (χ2v) is 11.8. The minimum Gasteiger partial charge on any atom is -0.457 e. The quantitative estimate of drug-likeness (QED) is 0.0536. The summed E-state index contributed by atoms with van der Waals surface area (Å²) in [6.45, 7) is 1.80. The molecule has 0 bridgehead atoms. The zero-order valence-corrected chi connectivity index (χ0v) is 26.5. The number of nitro benzene ring substituents is 1. The average molecular weight is 659 g/mol. The van der Waals surface area contributed by atoms with E-state index in [1.54, 1.807) is 85.8 Å². The Morgan fingerprint density at radius 2 is 1.29 bits per heavy atom. The van der Waals surface area contributed by atoms with Gasteiger partial charge in [-0.2, -0.15) is 0 Å². The molecule has 0 aliphatic carbocycles. The van der Waals surface area contributed by atoms with Crippen molar-refractivity contribution in [1.82, 2.24) is 5.32 Å². The molecule has 1 unspecified atom stereocenters. The summed E-state index contributed by atoms with van der Waals surface area (Å²) in [5.74, 6) is 0.116. The maximum Gasteiger partial charge on any atom is 0.272 e. The lowest BCUT2D eigenvalue weighted by Gasteiger charge is -2.14. The Morgan fingerprint density at radius 1 is 0.729 bits per heavy atom. The summed E-state index contributed by atoms with van der Waals surface area (Å²) in [5, 5.41) is 19.0. The molecule has 0 saturated heterocycles. The summed E-state index contributed by atoms with van der Waals surface area (Å²) in [4.78, 5) is 50.4. The second-order valence-electron chi connectivity index (χ2n) is 10.4. The zero-order valence-electron chi connectivity index (χ0n) is 25.7. The molecule has 1 atom stereocenters. The van der Waals surface area contributed by atoms with Gasteiger partial charge >= 0.3 is 0 Å². The molecule has 0 radical (unpaired) electrons. The predicted octanol–water partition coefficient (Wildman–Crippen LogP) is 7.92. The first-order chi connectivity index (χ1) is 23.2. The van der Waals surface area contributed by atoms with Gasteiger partial charge in [0.2, 0.25) is 5.91 Å². The minimum absolute atomic E-state index is 0.0545. The SMILES string of the molecule is CC(Sc1ccc(NC(=O)/C(=C/c2ccc([N+](=O)[O-])cc2)NC(=O)c2ccccc2)cc1)C(=O)Nc1ccc(Oc2ccccc2)cc1. The first-order valence-corrected chi connectivity index (χ1v) is 15.7. The molecule has 48 heavy (non-hydrogen) atoms. The normalized spacial score (nSPS) is 11.6. The third kappa shape index (κ3) is 9.41. The van der Waals surface area contributed by atoms with Crippen molar-refractivity contribution in [1.29, 1.82) is 0 Å². The van der Waals surface area contributed by atoms with E-state index in [0.29, 0.717) is 28.3 Å². The number of nitro groups is 1. The Labute approximate surface area is 281 Å². The van der Waals surface area contributed by atoms with Gasteiger partial charge < -0.3 is 20.7 Å². The number of para-hydroxylation sites is 1. The van der Waals surface area contributed by atoms with E-state index in [1.165, 1.54) is 42.1 Å². The molecule has 11 heteroatoms. The molecule has 0 aliphatic heterocycles. The number of amides is 3. The molecule has 3 amide bonds. The van der Waals surface area contributed by atoms with Gasteiger partial charge in [0.25, 0.3) is 17.5 Å². The molecular weight excluding hydrogens is 628 g/mol. The third-order valence-corrected chi connectivity index (χ3v) is 7.95. The van der Waals surface area contributed by atoms with Crippen LogP contribution in [0.25, 0.3) is 6.08 Å². The predicted molar refractivity (Wildman–Crippen MR) is 187 cm³/mol. The van der Waals surface area contributed by atoms with Crippen molar-refractivity contribution in [2.45, 2.75) is 17.1 Å². The van der Waals surface area contributed by atoms with Crippen LogP contribution < -0.4 is 20.7 Å². The number of hydrogen-bond donors (Lipinski definition) is 3. The Hall–Kier alpha value is -6.20. The van der Waals surface area contributed by atoms with Crippen LogP contribution in [0.5, 0.6) is 11.5 Å². The number of rotatable bonds is 12. The van der Waals surface area contributed by atoms with E-state index in [2.05, 4.69) is 16.0 Å². The number of hydrogen-bond acceptors (Lipinski definition) is 7. The Bertz CT molecular complexity index is 1920. The molecular formula is C37H30N4O6S. The van der Waals surface area contributed by atoms with Crippen LogP contribution >= 0.6 is 11.8 Å². The van der Waals surface area contributed by atoms with Gasteiger partial charge in [-0.05, 0) is 103 Å². The van der Waals surface area contributed by atoms with E-state index in [0.717, 1.165) is 10.6 Å². The number of benzene rings is 5. The van der Waals surface area contributed by atoms with Gasteiger partial charge in [0.15, 0.2) is 0 Å². The van der Waals surface area contributed by atoms with Crippen molar-refractivity contribution in [3.63, 3.8) is 0 Å². The first kappa shape index (κ1) is 33.2. The first-order valence-electron chi connectivity index (χ1n) is 14.8. The van der Waals surface area contributed by atoms with Gasteiger partial charge in [-0.3, -0.25) is 24.5 Å². The van der Waals surface area contributed by atoms with Crippen LogP contribution in [-0.2, 0) is 9.59 Å². The van der Waals surface area contributed by atoms with Gasteiger partial charge in [0.1, 0.15) is 17.2 Å². The number of carbonyl (C=O) groups excluding carboxylic acids is 3. The van der Waals surface area contributed by atoms with Gasteiger partial charge in [-0.15, -0.1) is 11.8 Å². The number of carbonyl (C=O) groups is 3. The minimum atomic E-state index is -0.592. The summed E-state index contributed by atoms with van der Waals surface area (Å²) in [6, 6.07) is 37.5. The van der Waals surface area contributed by atoms with Crippen LogP contribution in [0.15, 0.2) is 144 Å². The monoisotopic (exact) mass is 658 g/mol. The van der Waals surface area contributed by atoms with Crippen molar-refractivity contribution in [3.8, 4) is 11.5 Å². The number of nitrogens with one attached hydrogen (secondary N) is 3. The van der Waals surface area contributed by atoms with Crippen molar-refractivity contribution >= 4 is 52.6 Å². The fourth-order valence-corrected chi connectivity index (χ4v) is 5.22. The van der Waals surface area contributed by atoms with Crippen LogP contribution in [0.1, 0.15) is 22.8 Å². The van der Waals surface area contributed by atoms with E-state index in [4.69, 9.17) is 4.74 Å². The molecule has 0 aliphatic rings. The molecule has 3 N–H and O–H groups in total. The van der Waals surface area contributed by atoms with E-state index in [-0.39, 0.29) is 17.3 Å². The molecule has 5 aromatic rings. The topological polar surface area (TPSA) is 140 Å². The summed E-state index contributed by atoms with van der Waals surface area (Å²) in [6.07, 6.45) is 1.44. The van der Waals surface area contributed by atoms with Crippen molar-refractivity contribution in [2.24, 2.45) is 0 Å². The van der Waals surface area contributed by atoms with E-state index >= 15 is 0 Å². The maximum atomic E-state index is 13.3. The highest BCUT2D eigenvalue weighted by Crippen LogP contribution is 2.27. The molecule has 0 spiro atoms. The van der Waals surface area contributed by atoms with E-state index < -0.39 is 22.0 Å². The lowest BCUT2D eigenvalue weighted by molar-refractivity contribution is -0.384. The molecule has 5 rings (SSSR count). The number of anilines is 2. The lowest BCUT2D eigenvalue weighted by Crippen LogP contribution is -2.30. The summed E-state index contributed by atoms with van der Waals surface area (Å²) in [7, 11) is 0. The van der Waals surface area contributed by atoms with E-state index in [1.807, 2.05) is 30.3 Å². The van der Waals surface area contributed by atoms with Gasteiger partial charge in [-0.25, -0.2) is 0 Å². The van der Waals surface area contributed by atoms with Gasteiger partial charge in [0, 0.05) is 34.0 Å². The summed E-state index contributed by atoms with van der Waals surface area (Å²) in [5.41, 5.74) is 1.79. The highest BCUT2D eigenvalue weighted by Gasteiger charge is 2.17. The Morgan fingerprint density at radius 3 is 1.92 bits per heavy atom. The van der Waals surface area contributed by atoms with Crippen LogP contribution in [0, 0.1) is 10.1 Å². The smallest absolute Gasteiger partial charge is 0.272 e. The van der Waals surface area contributed by atoms with Crippen molar-refractivity contribution in [3.05, 3.63) is 160 Å². The molecule has 0 saturated carbocycles. The van der Waals surface area contributed by atoms with Crippen LogP contribution in [0.4, 0.5) is 17.1 Å². The second kappa shape index (κ2) is 15.9. The molecule has 5 aromatic carbocycles. The Kier molecular flexibility index (Phi) is 11.0. The van der Waals surface area contributed by atoms with Gasteiger partial charge in [-0.1, -0.05) is 36.4 Å². The highest BCUT2D eigenvalue weighted by molar-refractivity contribution is 8.00. The fourth-order valence-electron chi connectivity index (χ4n) is 4.35. The third-order valence-electron chi connectivity index (χ3n) is 6.84. The van der Waals surface area contributed by atoms with Crippen molar-refractivity contribution < 1.29 is 24.0 Å². The molecule has 0 fully saturated rings. The average Bonchev–Trinajstić information content (AvgIpc) is 3.10. The number of ether oxygens (including phenoxy) is 1. The number of non-ortho nitro benzene ring substituents is 1. The molecule has 10 nitrogen and oxygen atoms in total. The zero-order chi connectivity index (χ0) is 33.9. The Balaban J connectivity index is 1.20. The fraction of sp³-hybridized carbons (Fsp3) is 0.0541. The molecule has 0 aromatic heterocycles. The van der Waals surface area contributed by atoms with Gasteiger partial charge in [0.05, 0.1) is 10.2 Å². The van der Waals surface area contributed by atoms with Crippen LogP contribution in [0.3, 0.4) is 0 Å². The van der Waals surface area contributed by atoms with Crippen LogP contribution in [0.2, 0.25) is 0 Å². The maximum absolute atomic E-state index is 13.3. The lowest BCUT2D eigenvalue weighted by atomic mass is 10.1. The highest BCUT2D eigenvalue weighted by atomic mass is 32.2. The largest absolute Gasteiger partial charge is 0.457 e. The summed E-state index contributed by atoms with van der Waals surface area (Å²) < 4.78 is 5.80. The molecule has 0 heterocycles. The summed E-state index contributed by atoms with van der Waals surface area (Å²) >= 11 is 1.35. The molecule has 240 valence electrons. The number of thioether (sulfide) groups is 1. The van der Waals surface area contributed by atoms with E-state index in [9.17, 15) is 24.5 Å². The van der Waals surface area contributed by atoms with Crippen LogP contribution in [-0.4, -0.2) is 27.9 Å². The van der Waals surface area contributed by atoms with Crippen molar-refractivity contribution in [2.75, 3.05) is 10.6 Å².